The quantitative estimate of drug-likeness (QED) is 0.359. The van der Waals surface area contributed by atoms with Crippen LogP contribution in [0.25, 0.3) is 10.9 Å². The number of nitrogens with zero attached hydrogens (tertiary/aromatic N) is 3. The molecule has 0 spiro atoms. The van der Waals surface area contributed by atoms with Crippen molar-refractivity contribution in [2.45, 2.75) is 58.3 Å². The SMILES string of the molecule is CN(C)C(=O)O[C@@H](CC/C=C/C(N)=O)C(=O)Cc1cccn(Cc2cc3cc(F)ccc3n2C(=O)OC(C)(C)C)c1=O. The third kappa shape index (κ3) is 8.38. The summed E-state index contributed by atoms with van der Waals surface area (Å²) in [4.78, 5) is 64.0. The molecule has 3 aromatic rings. The number of pyridine rings is 1. The van der Waals surface area contributed by atoms with Gasteiger partial charge in [-0.2, -0.15) is 0 Å². The van der Waals surface area contributed by atoms with E-state index >= 15 is 0 Å². The van der Waals surface area contributed by atoms with Crippen LogP contribution in [0.1, 0.15) is 44.9 Å². The molecule has 2 heterocycles. The molecule has 2 amide bonds. The number of allylic oxidation sites excluding steroid dienone is 1. The Morgan fingerprint density at radius 2 is 1.83 bits per heavy atom. The van der Waals surface area contributed by atoms with Gasteiger partial charge in [0, 0.05) is 43.4 Å². The molecule has 3 rings (SSSR count). The Bertz CT molecular complexity index is 1580. The first kappa shape index (κ1) is 31.8. The third-order valence-electron chi connectivity index (χ3n) is 6.06. The summed E-state index contributed by atoms with van der Waals surface area (Å²) in [5, 5.41) is 0.450. The number of aromatic nitrogens is 2. The van der Waals surface area contributed by atoms with E-state index in [4.69, 9.17) is 15.2 Å². The highest BCUT2D eigenvalue weighted by Gasteiger charge is 2.26. The molecule has 0 unspecified atom stereocenters. The number of halogens is 1. The number of carbonyl (C=O) groups is 4. The molecule has 224 valence electrons. The number of ketones is 1. The molecule has 0 aliphatic rings. The molecule has 0 fully saturated rings. The van der Waals surface area contributed by atoms with Crippen LogP contribution in [0.2, 0.25) is 0 Å². The van der Waals surface area contributed by atoms with Crippen LogP contribution in [-0.4, -0.2) is 63.7 Å². The molecule has 0 radical (unpaired) electrons. The normalized spacial score (nSPS) is 12.3. The van der Waals surface area contributed by atoms with Crippen LogP contribution in [0, 0.1) is 5.82 Å². The number of fused-ring (bicyclic) bond motifs is 1. The van der Waals surface area contributed by atoms with Crippen LogP contribution in [0.5, 0.6) is 0 Å². The van der Waals surface area contributed by atoms with Gasteiger partial charge in [0.05, 0.1) is 12.1 Å². The predicted octanol–water partition coefficient (Wildman–Crippen LogP) is 3.77. The average Bonchev–Trinajstić information content (AvgIpc) is 3.23. The zero-order valence-corrected chi connectivity index (χ0v) is 24.3. The van der Waals surface area contributed by atoms with Crippen LogP contribution >= 0.6 is 0 Å². The summed E-state index contributed by atoms with van der Waals surface area (Å²) in [6.45, 7) is 5.08. The number of carbonyl (C=O) groups excluding carboxylic acids is 4. The zero-order chi connectivity index (χ0) is 31.2. The smallest absolute Gasteiger partial charge is 0.419 e. The summed E-state index contributed by atoms with van der Waals surface area (Å²) >= 11 is 0. The Labute approximate surface area is 242 Å². The van der Waals surface area contributed by atoms with E-state index in [1.807, 2.05) is 0 Å². The summed E-state index contributed by atoms with van der Waals surface area (Å²) in [5.41, 5.74) is 4.72. The topological polar surface area (TPSA) is 143 Å². The van der Waals surface area contributed by atoms with Crippen molar-refractivity contribution in [3.8, 4) is 0 Å². The Hall–Kier alpha value is -4.74. The highest BCUT2D eigenvalue weighted by Crippen LogP contribution is 2.24. The van der Waals surface area contributed by atoms with Gasteiger partial charge in [-0.25, -0.2) is 18.5 Å². The fourth-order valence-electron chi connectivity index (χ4n) is 4.16. The monoisotopic (exact) mass is 582 g/mol. The summed E-state index contributed by atoms with van der Waals surface area (Å²) in [5.74, 6) is -1.64. The Morgan fingerprint density at radius 1 is 1.12 bits per heavy atom. The Balaban J connectivity index is 1.91. The van der Waals surface area contributed by atoms with E-state index in [9.17, 15) is 28.4 Å². The first-order valence-corrected chi connectivity index (χ1v) is 13.2. The molecule has 1 atom stereocenters. The number of ether oxygens (including phenoxy) is 2. The predicted molar refractivity (Wildman–Crippen MR) is 154 cm³/mol. The second kappa shape index (κ2) is 13.3. The fourth-order valence-corrected chi connectivity index (χ4v) is 4.16. The van der Waals surface area contributed by atoms with E-state index in [2.05, 4.69) is 0 Å². The first-order chi connectivity index (χ1) is 19.7. The molecule has 2 aromatic heterocycles. The lowest BCUT2D eigenvalue weighted by atomic mass is 10.0. The summed E-state index contributed by atoms with van der Waals surface area (Å²) in [7, 11) is 2.94. The van der Waals surface area contributed by atoms with Gasteiger partial charge in [-0.05, 0) is 70.0 Å². The maximum absolute atomic E-state index is 14.0. The molecule has 0 aliphatic carbocycles. The Kier molecular flexibility index (Phi) is 10.1. The van der Waals surface area contributed by atoms with Crippen molar-refractivity contribution in [1.82, 2.24) is 14.0 Å². The van der Waals surface area contributed by atoms with Gasteiger partial charge in [-0.15, -0.1) is 0 Å². The van der Waals surface area contributed by atoms with E-state index in [0.717, 1.165) is 6.08 Å². The van der Waals surface area contributed by atoms with Crippen LogP contribution in [0.15, 0.2) is 59.5 Å². The average molecular weight is 583 g/mol. The minimum absolute atomic E-state index is 0.0760. The highest BCUT2D eigenvalue weighted by molar-refractivity contribution is 5.91. The Morgan fingerprint density at radius 3 is 2.48 bits per heavy atom. The highest BCUT2D eigenvalue weighted by atomic mass is 19.1. The molecule has 0 aliphatic heterocycles. The number of primary amides is 1. The second-order valence-electron chi connectivity index (χ2n) is 10.9. The van der Waals surface area contributed by atoms with Crippen molar-refractivity contribution in [1.29, 1.82) is 0 Å². The van der Waals surface area contributed by atoms with Crippen LogP contribution in [-0.2, 0) is 32.0 Å². The van der Waals surface area contributed by atoms with Crippen molar-refractivity contribution >= 4 is 34.8 Å². The number of Topliss-reactive ketones (excluding diaryl/α,β-unsaturated/α-hetero) is 1. The number of amides is 2. The van der Waals surface area contributed by atoms with Gasteiger partial charge >= 0.3 is 12.2 Å². The van der Waals surface area contributed by atoms with E-state index in [1.165, 1.54) is 64.7 Å². The summed E-state index contributed by atoms with van der Waals surface area (Å²) < 4.78 is 27.5. The van der Waals surface area contributed by atoms with Gasteiger partial charge in [0.25, 0.3) is 5.56 Å². The molecule has 1 aromatic carbocycles. The number of benzene rings is 1. The minimum atomic E-state index is -1.17. The largest absolute Gasteiger partial charge is 0.443 e. The second-order valence-corrected chi connectivity index (χ2v) is 10.9. The molecular formula is C30H35FN4O7. The standard InChI is InChI=1S/C30H35FN4O7/c1-30(2,3)42-29(40)35-22(16-20-15-21(31)12-13-23(20)35)18-34-14-8-9-19(27(34)38)17-24(36)25(41-28(39)33(4)5)10-6-7-11-26(32)37/h7-9,11-16,25H,6,10,17-18H2,1-5H3,(H2,32,37)/b11-7+/t25-/m0/s1. The van der Waals surface area contributed by atoms with Gasteiger partial charge < -0.3 is 24.7 Å². The van der Waals surface area contributed by atoms with E-state index in [0.29, 0.717) is 16.6 Å². The molecule has 0 bridgehead atoms. The van der Waals surface area contributed by atoms with E-state index < -0.39 is 47.0 Å². The van der Waals surface area contributed by atoms with Crippen LogP contribution in [0.3, 0.4) is 0 Å². The van der Waals surface area contributed by atoms with Crippen molar-refractivity contribution in [3.05, 3.63) is 82.2 Å². The number of rotatable bonds is 10. The van der Waals surface area contributed by atoms with Gasteiger partial charge in [0.1, 0.15) is 11.4 Å². The van der Waals surface area contributed by atoms with Crippen LogP contribution in [0.4, 0.5) is 14.0 Å². The van der Waals surface area contributed by atoms with Gasteiger partial charge in [0.15, 0.2) is 11.9 Å². The van der Waals surface area contributed by atoms with Crippen molar-refractivity contribution in [2.75, 3.05) is 14.1 Å². The molecule has 11 nitrogen and oxygen atoms in total. The maximum Gasteiger partial charge on any atom is 0.419 e. The first-order valence-electron chi connectivity index (χ1n) is 13.2. The van der Waals surface area contributed by atoms with Gasteiger partial charge in [0.2, 0.25) is 5.91 Å². The lowest BCUT2D eigenvalue weighted by Crippen LogP contribution is -2.35. The summed E-state index contributed by atoms with van der Waals surface area (Å²) in [6.07, 6.45) is 1.52. The zero-order valence-electron chi connectivity index (χ0n) is 24.3. The number of hydrogen-bond donors (Lipinski definition) is 1. The molecule has 12 heteroatoms. The lowest BCUT2D eigenvalue weighted by molar-refractivity contribution is -0.127. The molecule has 0 saturated heterocycles. The van der Waals surface area contributed by atoms with Gasteiger partial charge in [-0.3, -0.25) is 14.4 Å². The van der Waals surface area contributed by atoms with Crippen molar-refractivity contribution in [3.63, 3.8) is 0 Å². The minimum Gasteiger partial charge on any atom is -0.443 e. The molecule has 42 heavy (non-hydrogen) atoms. The number of hydrogen-bond acceptors (Lipinski definition) is 7. The van der Waals surface area contributed by atoms with Crippen molar-refractivity contribution < 1.29 is 33.0 Å². The fraction of sp³-hybridized carbons (Fsp3) is 0.367. The summed E-state index contributed by atoms with van der Waals surface area (Å²) in [6, 6.07) is 8.65. The van der Waals surface area contributed by atoms with Crippen molar-refractivity contribution in [2.24, 2.45) is 5.73 Å². The lowest BCUT2D eigenvalue weighted by Gasteiger charge is -2.21. The van der Waals surface area contributed by atoms with Crippen LogP contribution < -0.4 is 11.3 Å². The van der Waals surface area contributed by atoms with E-state index in [-0.39, 0.29) is 31.4 Å². The molecule has 0 saturated carbocycles. The van der Waals surface area contributed by atoms with E-state index in [1.54, 1.807) is 32.9 Å². The molecular weight excluding hydrogens is 547 g/mol. The van der Waals surface area contributed by atoms with Gasteiger partial charge in [-0.1, -0.05) is 12.1 Å². The number of nitrogens with two attached hydrogens (primary N) is 1. The molecule has 2 N–H and O–H groups in total. The third-order valence-corrected chi connectivity index (χ3v) is 6.06. The maximum atomic E-state index is 14.0.